The number of hydrogen-bond acceptors (Lipinski definition) is 0. The van der Waals surface area contributed by atoms with Crippen LogP contribution in [0.25, 0.3) is 21.9 Å². The molecule has 0 radical (unpaired) electrons. The van der Waals surface area contributed by atoms with Gasteiger partial charge in [0, 0.05) is 0 Å². The zero-order chi connectivity index (χ0) is 14.4. The van der Waals surface area contributed by atoms with E-state index in [9.17, 15) is 22.0 Å². The smallest absolute Gasteiger partial charge is 1.00 e. The van der Waals surface area contributed by atoms with Crippen molar-refractivity contribution in [3.8, 4) is 11.1 Å². The molecule has 0 aliphatic rings. The number of benzene rings is 2. The topological polar surface area (TPSA) is 0 Å². The summed E-state index contributed by atoms with van der Waals surface area (Å²) < 4.78 is 66.7. The summed E-state index contributed by atoms with van der Waals surface area (Å²) in [5.74, 6) is -9.68. The van der Waals surface area contributed by atoms with Gasteiger partial charge in [0.1, 0.15) is 11.6 Å². The van der Waals surface area contributed by atoms with Gasteiger partial charge in [-0.15, -0.1) is 34.5 Å². The van der Waals surface area contributed by atoms with E-state index in [2.05, 4.69) is 0 Å². The molecule has 3 aromatic rings. The first-order valence-corrected chi connectivity index (χ1v) is 5.68. The Kier molecular flexibility index (Phi) is 8.00. The molecular weight excluding hydrogens is 525 g/mol. The second-order valence-corrected chi connectivity index (χ2v) is 4.32. The van der Waals surface area contributed by atoms with Crippen LogP contribution >= 0.6 is 0 Å². The summed E-state index contributed by atoms with van der Waals surface area (Å²) in [7, 11) is 0. The van der Waals surface area contributed by atoms with Gasteiger partial charge in [0.15, 0.2) is 17.5 Å². The van der Waals surface area contributed by atoms with Crippen molar-refractivity contribution in [3.63, 3.8) is 0 Å². The van der Waals surface area contributed by atoms with Gasteiger partial charge in [0.05, 0.1) is 0 Å². The van der Waals surface area contributed by atoms with Gasteiger partial charge in [0.25, 0.3) is 0 Å². The predicted octanol–water partition coefficient (Wildman–Crippen LogP) is -1.07. The average Bonchev–Trinajstić information content (AvgIpc) is 2.86. The molecule has 3 rings (SSSR count). The number of fused-ring (bicyclic) bond motifs is 1. The zero-order valence-electron chi connectivity index (χ0n) is 11.1. The van der Waals surface area contributed by atoms with Gasteiger partial charge in [-0.25, -0.2) is 22.0 Å². The average molecular weight is 531 g/mol. The summed E-state index contributed by atoms with van der Waals surface area (Å²) in [5.41, 5.74) is -0.948. The standard InChI is InChI=1S/C15H6F5.2ClH.Hf/c16-11-10(12(17)14(19)15(20)13(11)18)9-5-7-3-1-2-4-8(7)6-9;;;/h1-6H;2*1H;/q-1;;;+4/p-2. The minimum absolute atomic E-state index is 0. The molecule has 0 heterocycles. The maximum Gasteiger partial charge on any atom is 4.00 e. The molecule has 0 aromatic heterocycles. The Labute approximate surface area is 159 Å². The first-order valence-electron chi connectivity index (χ1n) is 5.68. The van der Waals surface area contributed by atoms with Crippen molar-refractivity contribution in [2.45, 2.75) is 0 Å². The minimum Gasteiger partial charge on any atom is -1.00 e. The molecule has 23 heavy (non-hydrogen) atoms. The number of halogens is 7. The van der Waals surface area contributed by atoms with E-state index in [1.807, 2.05) is 0 Å². The van der Waals surface area contributed by atoms with Gasteiger partial charge in [-0.3, -0.25) is 0 Å². The summed E-state index contributed by atoms with van der Waals surface area (Å²) in [6.07, 6.45) is 0. The van der Waals surface area contributed by atoms with Crippen LogP contribution in [0.3, 0.4) is 0 Å². The Morgan fingerprint density at radius 3 is 1.70 bits per heavy atom. The van der Waals surface area contributed by atoms with Gasteiger partial charge in [-0.05, 0) is 5.56 Å². The van der Waals surface area contributed by atoms with E-state index in [1.54, 1.807) is 24.3 Å². The molecule has 0 fully saturated rings. The van der Waals surface area contributed by atoms with Crippen LogP contribution in [0.2, 0.25) is 0 Å². The number of rotatable bonds is 1. The van der Waals surface area contributed by atoms with E-state index in [0.717, 1.165) is 0 Å². The first-order chi connectivity index (χ1) is 9.50. The normalized spacial score (nSPS) is 9.78. The number of hydrogen-bond donors (Lipinski definition) is 0. The quantitative estimate of drug-likeness (QED) is 0.124. The second kappa shape index (κ2) is 8.31. The van der Waals surface area contributed by atoms with Crippen molar-refractivity contribution in [2.75, 3.05) is 0 Å². The Hall–Kier alpha value is -0.850. The van der Waals surface area contributed by atoms with E-state index >= 15 is 0 Å². The molecule has 0 aliphatic heterocycles. The maximum absolute atomic E-state index is 13.7. The van der Waals surface area contributed by atoms with Crippen LogP contribution in [0.15, 0.2) is 36.4 Å². The summed E-state index contributed by atoms with van der Waals surface area (Å²) in [6, 6.07) is 9.56. The fraction of sp³-hybridized carbons (Fsp3) is 0. The van der Waals surface area contributed by atoms with Crippen molar-refractivity contribution in [3.05, 3.63) is 65.5 Å². The van der Waals surface area contributed by atoms with Crippen molar-refractivity contribution in [2.24, 2.45) is 0 Å². The van der Waals surface area contributed by atoms with Crippen LogP contribution in [-0.2, 0) is 25.8 Å². The molecule has 0 spiro atoms. The van der Waals surface area contributed by atoms with Gasteiger partial charge in [-0.1, -0.05) is 18.2 Å². The molecule has 0 amide bonds. The molecule has 118 valence electrons. The third-order valence-corrected chi connectivity index (χ3v) is 3.12. The SMILES string of the molecule is Fc1c(F)c(F)c(-c2cc3ccccc3[cH-]2)c(F)c1F.[Cl-].[Cl-].[Hf+4]. The molecule has 0 aliphatic carbocycles. The minimum atomic E-state index is -2.15. The van der Waals surface area contributed by atoms with Gasteiger partial charge in [-0.2, -0.15) is 0 Å². The molecule has 0 atom stereocenters. The molecule has 8 heteroatoms. The Morgan fingerprint density at radius 1 is 0.696 bits per heavy atom. The summed E-state index contributed by atoms with van der Waals surface area (Å²) >= 11 is 0. The Balaban J connectivity index is 0.00000161. The summed E-state index contributed by atoms with van der Waals surface area (Å²) in [5, 5.41) is 1.32. The van der Waals surface area contributed by atoms with Crippen molar-refractivity contribution >= 4 is 10.8 Å². The maximum atomic E-state index is 13.7. The predicted molar refractivity (Wildman–Crippen MR) is 64.8 cm³/mol. The van der Waals surface area contributed by atoms with Crippen LogP contribution in [0.4, 0.5) is 22.0 Å². The van der Waals surface area contributed by atoms with Crippen molar-refractivity contribution in [1.82, 2.24) is 0 Å². The van der Waals surface area contributed by atoms with Crippen molar-refractivity contribution in [1.29, 1.82) is 0 Å². The molecule has 0 bridgehead atoms. The molecule has 0 nitrogen and oxygen atoms in total. The fourth-order valence-electron chi connectivity index (χ4n) is 2.15. The van der Waals surface area contributed by atoms with Crippen molar-refractivity contribution < 1.29 is 72.6 Å². The summed E-state index contributed by atoms with van der Waals surface area (Å²) in [4.78, 5) is 0. The van der Waals surface area contributed by atoms with E-state index < -0.39 is 34.6 Å². The van der Waals surface area contributed by atoms with Gasteiger partial charge in [0.2, 0.25) is 0 Å². The third kappa shape index (κ3) is 3.64. The Bertz CT molecular complexity index is 770. The molecule has 0 saturated heterocycles. The van der Waals surface area contributed by atoms with E-state index in [4.69, 9.17) is 0 Å². The van der Waals surface area contributed by atoms with Crippen LogP contribution in [0, 0.1) is 29.1 Å². The monoisotopic (exact) mass is 531 g/mol. The molecule has 0 N–H and O–H groups in total. The van der Waals surface area contributed by atoms with Crippen LogP contribution in [-0.4, -0.2) is 0 Å². The van der Waals surface area contributed by atoms with Gasteiger partial charge < -0.3 is 24.8 Å². The fourth-order valence-corrected chi connectivity index (χ4v) is 2.15. The summed E-state index contributed by atoms with van der Waals surface area (Å²) in [6.45, 7) is 0. The molecule has 0 unspecified atom stereocenters. The largest absolute Gasteiger partial charge is 4.00 e. The van der Waals surface area contributed by atoms with Crippen LogP contribution < -0.4 is 24.8 Å². The molecular formula is C15H6Cl2F5Hf+. The van der Waals surface area contributed by atoms with E-state index in [-0.39, 0.29) is 56.2 Å². The third-order valence-electron chi connectivity index (χ3n) is 3.12. The molecule has 0 saturated carbocycles. The first kappa shape index (κ1) is 22.2. The van der Waals surface area contributed by atoms with E-state index in [1.165, 1.54) is 12.1 Å². The van der Waals surface area contributed by atoms with Crippen LogP contribution in [0.1, 0.15) is 0 Å². The second-order valence-electron chi connectivity index (χ2n) is 4.32. The van der Waals surface area contributed by atoms with E-state index in [0.29, 0.717) is 10.8 Å². The van der Waals surface area contributed by atoms with Gasteiger partial charge >= 0.3 is 25.8 Å². The zero-order valence-corrected chi connectivity index (χ0v) is 16.2. The Morgan fingerprint density at radius 2 is 1.17 bits per heavy atom. The van der Waals surface area contributed by atoms with Crippen LogP contribution in [0.5, 0.6) is 0 Å². The molecule has 3 aromatic carbocycles.